The van der Waals surface area contributed by atoms with Gasteiger partial charge in [0.25, 0.3) is 11.8 Å². The summed E-state index contributed by atoms with van der Waals surface area (Å²) in [6.45, 7) is 10.5. The molecular weight excluding hydrogens is 1190 g/mol. The summed E-state index contributed by atoms with van der Waals surface area (Å²) in [5.74, 6) is 0.658. The van der Waals surface area contributed by atoms with Crippen LogP contribution in [0.15, 0.2) is 82.8 Å². The molecule has 6 nitrogen and oxygen atoms in total. The van der Waals surface area contributed by atoms with Crippen molar-refractivity contribution < 1.29 is 9.59 Å². The van der Waals surface area contributed by atoms with Gasteiger partial charge in [0.15, 0.2) is 0 Å². The van der Waals surface area contributed by atoms with E-state index in [0.29, 0.717) is 36.1 Å². The molecule has 6 aromatic rings. The number of unbranched alkanes of at least 4 members (excludes halogenated alkanes) is 32. The second-order valence-corrected chi connectivity index (χ2v) is 31.9. The summed E-state index contributed by atoms with van der Waals surface area (Å²) in [5, 5.41) is 6.17. The Morgan fingerprint density at radius 1 is 0.330 bits per heavy atom. The number of carbonyl (C=O) groups is 2. The van der Waals surface area contributed by atoms with Gasteiger partial charge >= 0.3 is 0 Å². The molecule has 0 bridgehead atoms. The fourth-order valence-electron chi connectivity index (χ4n) is 13.4. The third-order valence-corrected chi connectivity index (χ3v) is 25.2. The van der Waals surface area contributed by atoms with Crippen LogP contribution in [0.3, 0.4) is 0 Å². The lowest BCUT2D eigenvalue weighted by Crippen LogP contribution is -2.34. The van der Waals surface area contributed by atoms with Crippen molar-refractivity contribution in [1.82, 2.24) is 19.8 Å². The first-order valence-corrected chi connectivity index (χ1v) is 40.8. The van der Waals surface area contributed by atoms with E-state index in [-0.39, 0.29) is 11.8 Å². The van der Waals surface area contributed by atoms with Crippen LogP contribution >= 0.6 is 68.0 Å². The van der Waals surface area contributed by atoms with Crippen LogP contribution in [0.2, 0.25) is 0 Å². The van der Waals surface area contributed by atoms with E-state index in [0.717, 1.165) is 66.6 Å². The fraction of sp³-hybridized carbons (Fsp3) is 0.632. The predicted molar refractivity (Wildman–Crippen MR) is 389 cm³/mol. The van der Waals surface area contributed by atoms with Crippen LogP contribution in [-0.2, 0) is 9.59 Å². The van der Waals surface area contributed by atoms with E-state index < -0.39 is 0 Å². The molecule has 0 spiro atoms. The SMILES string of the molecule is CCCCCCCCCCCCC(CCCCCCCCCC)CN1C(=O)C2=C(c3cnc(-c4ccc(-c5cccs5)s4)s3)N(CC(CCCCCCCCCC)CCCCCCCCCCCC)C(=O)C2=C1c1cnc(-c2ccc(-c3cccs3)s2)s1. The first kappa shape index (κ1) is 70.4. The van der Waals surface area contributed by atoms with E-state index in [2.05, 4.69) is 96.8 Å². The maximum Gasteiger partial charge on any atom is 0.261 e. The molecule has 0 radical (unpaired) electrons. The first-order valence-electron chi connectivity index (χ1n) is 35.7. The fourth-order valence-corrected chi connectivity index (χ4v) is 19.2. The number of aromatic nitrogens is 2. The van der Waals surface area contributed by atoms with Gasteiger partial charge in [-0.3, -0.25) is 9.59 Å². The van der Waals surface area contributed by atoms with Gasteiger partial charge in [-0.25, -0.2) is 9.97 Å². The van der Waals surface area contributed by atoms with Gasteiger partial charge in [-0.1, -0.05) is 271 Å². The first-order chi connectivity index (χ1) is 43.4. The van der Waals surface area contributed by atoms with Crippen molar-refractivity contribution in [3.05, 3.63) is 92.6 Å². The van der Waals surface area contributed by atoms with Gasteiger partial charge in [0.1, 0.15) is 10.0 Å². The number of carbonyl (C=O) groups excluding carboxylic acids is 2. The largest absolute Gasteiger partial charge is 0.306 e. The molecule has 8 rings (SSSR count). The zero-order chi connectivity index (χ0) is 61.4. The summed E-state index contributed by atoms with van der Waals surface area (Å²) >= 11 is 10.4. The third-order valence-electron chi connectivity index (χ3n) is 18.6. The predicted octanol–water partition coefficient (Wildman–Crippen LogP) is 26.2. The Hall–Kier alpha value is -3.52. The van der Waals surface area contributed by atoms with Gasteiger partial charge in [-0.05, 0) is 84.7 Å². The van der Waals surface area contributed by atoms with E-state index >= 15 is 9.59 Å². The molecule has 0 aliphatic carbocycles. The number of thiazole rings is 2. The van der Waals surface area contributed by atoms with E-state index in [1.807, 2.05) is 12.4 Å². The van der Waals surface area contributed by atoms with Gasteiger partial charge in [0.2, 0.25) is 0 Å². The lowest BCUT2D eigenvalue weighted by atomic mass is 9.93. The average molecular weight is 1300 g/mol. The summed E-state index contributed by atoms with van der Waals surface area (Å²) in [6, 6.07) is 17.5. The quantitative estimate of drug-likeness (QED) is 0.0357. The van der Waals surface area contributed by atoms with Gasteiger partial charge in [0, 0.05) is 45.0 Å². The Balaban J connectivity index is 1.13. The minimum absolute atomic E-state index is 0.00808. The van der Waals surface area contributed by atoms with Crippen molar-refractivity contribution in [3.8, 4) is 39.3 Å². The molecule has 6 aromatic heterocycles. The molecule has 12 heteroatoms. The third kappa shape index (κ3) is 21.8. The average Bonchev–Trinajstić information content (AvgIpc) is 1.64. The molecule has 2 unspecified atom stereocenters. The monoisotopic (exact) mass is 1300 g/mol. The van der Waals surface area contributed by atoms with Crippen LogP contribution in [0, 0.1) is 11.8 Å². The van der Waals surface area contributed by atoms with Crippen molar-refractivity contribution >= 4 is 91.2 Å². The topological polar surface area (TPSA) is 66.4 Å². The Morgan fingerprint density at radius 3 is 0.898 bits per heavy atom. The van der Waals surface area contributed by atoms with E-state index in [9.17, 15) is 0 Å². The normalized spacial score (nSPS) is 14.3. The molecule has 0 N–H and O–H groups in total. The van der Waals surface area contributed by atoms with Crippen LogP contribution in [0.25, 0.3) is 50.7 Å². The molecule has 2 atom stereocenters. The molecule has 8 heterocycles. The summed E-state index contributed by atoms with van der Waals surface area (Å²) in [7, 11) is 0. The minimum atomic E-state index is -0.00808. The second-order valence-electron chi connectivity index (χ2n) is 25.8. The van der Waals surface area contributed by atoms with Crippen molar-refractivity contribution in [3.63, 3.8) is 0 Å². The summed E-state index contributed by atoms with van der Waals surface area (Å²) in [6.07, 6.45) is 55.3. The molecule has 0 saturated heterocycles. The highest BCUT2D eigenvalue weighted by Gasteiger charge is 2.50. The number of fused-ring (bicyclic) bond motifs is 1. The highest BCUT2D eigenvalue weighted by atomic mass is 32.1. The second kappa shape index (κ2) is 40.5. The van der Waals surface area contributed by atoms with Crippen LogP contribution in [0.4, 0.5) is 0 Å². The summed E-state index contributed by atoms with van der Waals surface area (Å²) < 4.78 is 0. The zero-order valence-electron chi connectivity index (χ0n) is 54.8. The maximum atomic E-state index is 16.3. The van der Waals surface area contributed by atoms with Crippen molar-refractivity contribution in [2.24, 2.45) is 11.8 Å². The Labute approximate surface area is 557 Å². The van der Waals surface area contributed by atoms with Gasteiger partial charge in [-0.15, -0.1) is 68.0 Å². The molecule has 0 aromatic carbocycles. The Morgan fingerprint density at radius 2 is 0.614 bits per heavy atom. The number of thiophene rings is 4. The highest BCUT2D eigenvalue weighted by molar-refractivity contribution is 7.27. The number of amides is 2. The van der Waals surface area contributed by atoms with Gasteiger partial charge in [0.05, 0.1) is 42.0 Å². The van der Waals surface area contributed by atoms with Gasteiger partial charge < -0.3 is 9.80 Å². The standard InChI is InChI=1S/C76H110N4O2S6/c1-5-9-13-17-21-25-27-31-35-39-45-59(43-37-33-29-23-19-15-11-7-3)57-79-71(67-55-77-73(87-67)65-51-49-63(85-65)61-47-41-53-83-61)69-70(75(79)81)72(68-56-78-74(88-68)66-52-50-64(86-66)62-48-42-54-84-62)80(76(69)82)58-60(44-38-34-30-24-20-16-12-8-4)46-40-36-32-28-26-22-18-14-10-6-2/h41-42,47-56,59-60H,5-40,43-46,57-58H2,1-4H3. The van der Waals surface area contributed by atoms with E-state index in [4.69, 9.17) is 9.97 Å². The number of hydrogen-bond acceptors (Lipinski definition) is 10. The molecule has 0 saturated carbocycles. The van der Waals surface area contributed by atoms with E-state index in [1.54, 1.807) is 68.0 Å². The number of nitrogens with zero attached hydrogens (tertiary/aromatic N) is 4. The van der Waals surface area contributed by atoms with Gasteiger partial charge in [-0.2, -0.15) is 0 Å². The Kier molecular flexibility index (Phi) is 32.3. The van der Waals surface area contributed by atoms with Crippen LogP contribution < -0.4 is 0 Å². The van der Waals surface area contributed by atoms with E-state index in [1.165, 1.54) is 251 Å². The molecule has 2 amide bonds. The summed E-state index contributed by atoms with van der Waals surface area (Å²) in [4.78, 5) is 56.1. The molecular formula is C76H110N4O2S6. The molecule has 482 valence electrons. The minimum Gasteiger partial charge on any atom is -0.306 e. The summed E-state index contributed by atoms with van der Waals surface area (Å²) in [5.41, 5.74) is 2.79. The number of rotatable bonds is 50. The van der Waals surface area contributed by atoms with Crippen molar-refractivity contribution in [1.29, 1.82) is 0 Å². The smallest absolute Gasteiger partial charge is 0.261 e. The van der Waals surface area contributed by atoms with Crippen LogP contribution in [0.5, 0.6) is 0 Å². The molecule has 2 aliphatic rings. The molecule has 2 aliphatic heterocycles. The van der Waals surface area contributed by atoms with Crippen LogP contribution in [0.1, 0.15) is 294 Å². The zero-order valence-corrected chi connectivity index (χ0v) is 59.7. The lowest BCUT2D eigenvalue weighted by molar-refractivity contribution is -0.124. The van der Waals surface area contributed by atoms with Crippen LogP contribution in [-0.4, -0.2) is 44.7 Å². The Bertz CT molecular complexity index is 2740. The highest BCUT2D eigenvalue weighted by Crippen LogP contribution is 2.51. The van der Waals surface area contributed by atoms with Crippen molar-refractivity contribution in [2.45, 2.75) is 285 Å². The number of hydrogen-bond donors (Lipinski definition) is 0. The maximum absolute atomic E-state index is 16.3. The molecule has 88 heavy (non-hydrogen) atoms. The lowest BCUT2D eigenvalue weighted by Gasteiger charge is -2.29. The molecule has 0 fully saturated rings. The van der Waals surface area contributed by atoms with Crippen molar-refractivity contribution in [2.75, 3.05) is 13.1 Å².